The molecule has 0 saturated carbocycles. The second-order valence-corrected chi connectivity index (χ2v) is 4.91. The van der Waals surface area contributed by atoms with Crippen molar-refractivity contribution < 1.29 is 9.53 Å². The first-order valence-electron chi connectivity index (χ1n) is 6.13. The maximum absolute atomic E-state index is 12.2. The number of carbonyl (C=O) groups excluding carboxylic acids is 1. The SMILES string of the molecule is COC[C@H]1CCCCN1C(=O)[C@@H](N)C(C)C. The number of rotatable bonds is 4. The van der Waals surface area contributed by atoms with Crippen molar-refractivity contribution >= 4 is 5.91 Å². The number of likely N-dealkylation sites (tertiary alicyclic amines) is 1. The highest BCUT2D eigenvalue weighted by atomic mass is 16.5. The first-order chi connectivity index (χ1) is 7.57. The molecule has 1 aliphatic heterocycles. The smallest absolute Gasteiger partial charge is 0.240 e. The van der Waals surface area contributed by atoms with Crippen LogP contribution in [0.25, 0.3) is 0 Å². The first-order valence-corrected chi connectivity index (χ1v) is 6.13. The summed E-state index contributed by atoms with van der Waals surface area (Å²) in [6, 6.07) is -0.159. The van der Waals surface area contributed by atoms with Crippen LogP contribution in [0, 0.1) is 5.92 Å². The Bertz CT molecular complexity index is 229. The number of hydrogen-bond acceptors (Lipinski definition) is 3. The van der Waals surface area contributed by atoms with Crippen molar-refractivity contribution in [2.24, 2.45) is 11.7 Å². The Labute approximate surface area is 98.1 Å². The van der Waals surface area contributed by atoms with Crippen LogP contribution in [0.4, 0.5) is 0 Å². The fourth-order valence-electron chi connectivity index (χ4n) is 2.13. The second kappa shape index (κ2) is 6.21. The molecule has 1 rings (SSSR count). The summed E-state index contributed by atoms with van der Waals surface area (Å²) in [7, 11) is 1.68. The quantitative estimate of drug-likeness (QED) is 0.781. The van der Waals surface area contributed by atoms with E-state index in [1.165, 1.54) is 6.42 Å². The Hall–Kier alpha value is -0.610. The van der Waals surface area contributed by atoms with Crippen LogP contribution in [0.5, 0.6) is 0 Å². The molecule has 0 aromatic carbocycles. The number of hydrogen-bond donors (Lipinski definition) is 1. The molecule has 1 saturated heterocycles. The molecule has 1 fully saturated rings. The predicted octanol–water partition coefficient (Wildman–Crippen LogP) is 0.997. The van der Waals surface area contributed by atoms with Gasteiger partial charge in [0.2, 0.25) is 5.91 Å². The van der Waals surface area contributed by atoms with Gasteiger partial charge < -0.3 is 15.4 Å². The van der Waals surface area contributed by atoms with Crippen LogP contribution in [0.1, 0.15) is 33.1 Å². The molecule has 0 aliphatic carbocycles. The maximum atomic E-state index is 12.2. The molecule has 0 unspecified atom stereocenters. The van der Waals surface area contributed by atoms with Crippen molar-refractivity contribution in [3.8, 4) is 0 Å². The van der Waals surface area contributed by atoms with Gasteiger partial charge in [-0.2, -0.15) is 0 Å². The standard InChI is InChI=1S/C12H24N2O2/c1-9(2)11(13)12(15)14-7-5-4-6-10(14)8-16-3/h9-11H,4-8,13H2,1-3H3/t10-,11+/m1/s1. The summed E-state index contributed by atoms with van der Waals surface area (Å²) in [5, 5.41) is 0. The Balaban J connectivity index is 2.63. The Morgan fingerprint density at radius 3 is 2.75 bits per heavy atom. The van der Waals surface area contributed by atoms with Gasteiger partial charge in [0.1, 0.15) is 0 Å². The van der Waals surface area contributed by atoms with Crippen LogP contribution < -0.4 is 5.73 Å². The van der Waals surface area contributed by atoms with E-state index in [1.807, 2.05) is 18.7 Å². The fraction of sp³-hybridized carbons (Fsp3) is 0.917. The average Bonchev–Trinajstić information content (AvgIpc) is 2.28. The largest absolute Gasteiger partial charge is 0.383 e. The lowest BCUT2D eigenvalue weighted by Crippen LogP contribution is -2.53. The molecule has 16 heavy (non-hydrogen) atoms. The molecule has 0 bridgehead atoms. The van der Waals surface area contributed by atoms with Crippen molar-refractivity contribution in [2.75, 3.05) is 20.3 Å². The summed E-state index contributed by atoms with van der Waals surface area (Å²) in [6.45, 7) is 5.42. The topological polar surface area (TPSA) is 55.6 Å². The molecule has 2 atom stereocenters. The van der Waals surface area contributed by atoms with Crippen LogP contribution in [0.2, 0.25) is 0 Å². The minimum Gasteiger partial charge on any atom is -0.383 e. The van der Waals surface area contributed by atoms with E-state index in [-0.39, 0.29) is 23.9 Å². The van der Waals surface area contributed by atoms with E-state index in [0.717, 1.165) is 19.4 Å². The van der Waals surface area contributed by atoms with Gasteiger partial charge in [-0.25, -0.2) is 0 Å². The monoisotopic (exact) mass is 228 g/mol. The Morgan fingerprint density at radius 2 is 2.19 bits per heavy atom. The molecular weight excluding hydrogens is 204 g/mol. The molecule has 1 heterocycles. The number of amides is 1. The molecule has 0 spiro atoms. The van der Waals surface area contributed by atoms with Crippen molar-refractivity contribution in [3.63, 3.8) is 0 Å². The lowest BCUT2D eigenvalue weighted by molar-refractivity contribution is -0.138. The van der Waals surface area contributed by atoms with Crippen molar-refractivity contribution in [3.05, 3.63) is 0 Å². The van der Waals surface area contributed by atoms with Gasteiger partial charge in [0.15, 0.2) is 0 Å². The number of nitrogens with two attached hydrogens (primary N) is 1. The third-order valence-corrected chi connectivity index (χ3v) is 3.27. The summed E-state index contributed by atoms with van der Waals surface area (Å²) >= 11 is 0. The normalized spacial score (nSPS) is 23.6. The van der Waals surface area contributed by atoms with Gasteiger partial charge in [0.25, 0.3) is 0 Å². The number of piperidine rings is 1. The zero-order valence-corrected chi connectivity index (χ0v) is 10.6. The van der Waals surface area contributed by atoms with Gasteiger partial charge in [-0.15, -0.1) is 0 Å². The second-order valence-electron chi connectivity index (χ2n) is 4.91. The van der Waals surface area contributed by atoms with E-state index in [2.05, 4.69) is 0 Å². The van der Waals surface area contributed by atoms with Gasteiger partial charge in [-0.05, 0) is 25.2 Å². The third kappa shape index (κ3) is 3.19. The van der Waals surface area contributed by atoms with E-state index in [1.54, 1.807) is 7.11 Å². The molecule has 0 radical (unpaired) electrons. The van der Waals surface area contributed by atoms with E-state index < -0.39 is 0 Å². The summed E-state index contributed by atoms with van der Waals surface area (Å²) < 4.78 is 5.17. The highest BCUT2D eigenvalue weighted by Gasteiger charge is 2.30. The highest BCUT2D eigenvalue weighted by molar-refractivity contribution is 5.82. The predicted molar refractivity (Wildman–Crippen MR) is 64.0 cm³/mol. The number of ether oxygens (including phenoxy) is 1. The van der Waals surface area contributed by atoms with E-state index in [9.17, 15) is 4.79 Å². The molecule has 0 aromatic heterocycles. The summed E-state index contributed by atoms with van der Waals surface area (Å²) in [5.74, 6) is 0.273. The van der Waals surface area contributed by atoms with Crippen LogP contribution in [0.3, 0.4) is 0 Å². The molecule has 94 valence electrons. The fourth-order valence-corrected chi connectivity index (χ4v) is 2.13. The zero-order valence-electron chi connectivity index (χ0n) is 10.6. The van der Waals surface area contributed by atoms with E-state index in [0.29, 0.717) is 6.61 Å². The van der Waals surface area contributed by atoms with Gasteiger partial charge in [0.05, 0.1) is 18.7 Å². The van der Waals surface area contributed by atoms with E-state index in [4.69, 9.17) is 10.5 Å². The van der Waals surface area contributed by atoms with Crippen molar-refractivity contribution in [1.82, 2.24) is 4.90 Å². The van der Waals surface area contributed by atoms with Crippen LogP contribution in [-0.4, -0.2) is 43.2 Å². The highest BCUT2D eigenvalue weighted by Crippen LogP contribution is 2.19. The number of carbonyl (C=O) groups is 1. The molecular formula is C12H24N2O2. The number of methoxy groups -OCH3 is 1. The lowest BCUT2D eigenvalue weighted by atomic mass is 9.98. The lowest BCUT2D eigenvalue weighted by Gasteiger charge is -2.37. The van der Waals surface area contributed by atoms with Crippen LogP contribution in [0.15, 0.2) is 0 Å². The first kappa shape index (κ1) is 13.5. The van der Waals surface area contributed by atoms with Gasteiger partial charge in [-0.3, -0.25) is 4.79 Å². The maximum Gasteiger partial charge on any atom is 0.240 e. The molecule has 2 N–H and O–H groups in total. The average molecular weight is 228 g/mol. The van der Waals surface area contributed by atoms with Crippen molar-refractivity contribution in [2.45, 2.75) is 45.2 Å². The minimum absolute atomic E-state index is 0.0803. The van der Waals surface area contributed by atoms with Crippen molar-refractivity contribution in [1.29, 1.82) is 0 Å². The Kier molecular flexibility index (Phi) is 5.22. The molecule has 4 heteroatoms. The van der Waals surface area contributed by atoms with Gasteiger partial charge in [-0.1, -0.05) is 13.8 Å². The minimum atomic E-state index is -0.377. The van der Waals surface area contributed by atoms with Gasteiger partial charge >= 0.3 is 0 Å². The van der Waals surface area contributed by atoms with Crippen LogP contribution >= 0.6 is 0 Å². The zero-order chi connectivity index (χ0) is 12.1. The molecule has 0 aromatic rings. The van der Waals surface area contributed by atoms with E-state index >= 15 is 0 Å². The summed E-state index contributed by atoms with van der Waals surface area (Å²) in [4.78, 5) is 14.1. The molecule has 1 amide bonds. The molecule has 4 nitrogen and oxygen atoms in total. The number of nitrogens with zero attached hydrogens (tertiary/aromatic N) is 1. The summed E-state index contributed by atoms with van der Waals surface area (Å²) in [6.07, 6.45) is 3.29. The molecule has 1 aliphatic rings. The third-order valence-electron chi connectivity index (χ3n) is 3.27. The summed E-state index contributed by atoms with van der Waals surface area (Å²) in [5.41, 5.74) is 5.92. The van der Waals surface area contributed by atoms with Crippen LogP contribution in [-0.2, 0) is 9.53 Å². The Morgan fingerprint density at radius 1 is 1.50 bits per heavy atom. The van der Waals surface area contributed by atoms with Gasteiger partial charge in [0, 0.05) is 13.7 Å².